The van der Waals surface area contributed by atoms with Crippen molar-refractivity contribution in [3.05, 3.63) is 40.2 Å². The molecular weight excluding hydrogens is 348 g/mol. The summed E-state index contributed by atoms with van der Waals surface area (Å²) in [7, 11) is -3.56. The fourth-order valence-electron chi connectivity index (χ4n) is 1.74. The van der Waals surface area contributed by atoms with E-state index < -0.39 is 10.0 Å². The van der Waals surface area contributed by atoms with Gasteiger partial charge in [-0.05, 0) is 52.5 Å². The van der Waals surface area contributed by atoms with Crippen molar-refractivity contribution in [2.24, 2.45) is 0 Å². The van der Waals surface area contributed by atoms with Crippen LogP contribution in [0, 0.1) is 0 Å². The summed E-state index contributed by atoms with van der Waals surface area (Å²) in [6.45, 7) is 2.14. The third-order valence-electron chi connectivity index (χ3n) is 2.55. The first-order valence-corrected chi connectivity index (χ1v) is 8.69. The highest BCUT2D eigenvalue weighted by atomic mass is 79.9. The molecule has 102 valence electrons. The van der Waals surface area contributed by atoms with Gasteiger partial charge in [-0.25, -0.2) is 8.42 Å². The third kappa shape index (κ3) is 2.77. The first kappa shape index (κ1) is 14.4. The molecule has 0 fully saturated rings. The summed E-state index contributed by atoms with van der Waals surface area (Å²) in [4.78, 5) is 0. The zero-order valence-electron chi connectivity index (χ0n) is 10.2. The second kappa shape index (κ2) is 5.52. The number of nitrogens with two attached hydrogens (primary N) is 1. The topological polar surface area (TPSA) is 63.4 Å². The number of nitrogens with zero attached hydrogens (tertiary/aromatic N) is 1. The second-order valence-electron chi connectivity index (χ2n) is 3.82. The largest absolute Gasteiger partial charge is 0.399 e. The van der Waals surface area contributed by atoms with Crippen molar-refractivity contribution in [1.29, 1.82) is 0 Å². The quantitative estimate of drug-likeness (QED) is 0.850. The van der Waals surface area contributed by atoms with Gasteiger partial charge in [-0.2, -0.15) is 0 Å². The molecule has 0 spiro atoms. The van der Waals surface area contributed by atoms with Gasteiger partial charge in [-0.15, -0.1) is 11.3 Å². The van der Waals surface area contributed by atoms with E-state index in [1.54, 1.807) is 42.6 Å². The van der Waals surface area contributed by atoms with Gasteiger partial charge in [0, 0.05) is 16.7 Å². The lowest BCUT2D eigenvalue weighted by Crippen LogP contribution is -2.30. The smallest absolute Gasteiger partial charge is 0.274 e. The maximum atomic E-state index is 12.6. The van der Waals surface area contributed by atoms with Gasteiger partial charge in [0.1, 0.15) is 0 Å². The van der Waals surface area contributed by atoms with Crippen molar-refractivity contribution in [3.63, 3.8) is 0 Å². The van der Waals surface area contributed by atoms with Crippen molar-refractivity contribution in [2.75, 3.05) is 16.6 Å². The molecule has 1 heterocycles. The lowest BCUT2D eigenvalue weighted by Gasteiger charge is -2.22. The van der Waals surface area contributed by atoms with Gasteiger partial charge in [-0.3, -0.25) is 4.31 Å². The molecule has 0 amide bonds. The van der Waals surface area contributed by atoms with Crippen LogP contribution >= 0.6 is 27.3 Å². The van der Waals surface area contributed by atoms with Crippen LogP contribution in [0.1, 0.15) is 6.92 Å². The molecule has 7 heteroatoms. The van der Waals surface area contributed by atoms with Crippen LogP contribution in [0.4, 0.5) is 11.4 Å². The molecule has 0 aliphatic heterocycles. The fourth-order valence-corrected chi connectivity index (χ4v) is 5.61. The summed E-state index contributed by atoms with van der Waals surface area (Å²) in [5.74, 6) is 0. The van der Waals surface area contributed by atoms with Crippen molar-refractivity contribution in [3.8, 4) is 0 Å². The van der Waals surface area contributed by atoms with Gasteiger partial charge >= 0.3 is 0 Å². The molecule has 0 aliphatic carbocycles. The predicted octanol–water partition coefficient (Wildman–Crippen LogP) is 3.31. The molecule has 0 atom stereocenters. The lowest BCUT2D eigenvalue weighted by molar-refractivity contribution is 0.593. The maximum Gasteiger partial charge on any atom is 0.274 e. The van der Waals surface area contributed by atoms with Crippen LogP contribution in [0.5, 0.6) is 0 Å². The van der Waals surface area contributed by atoms with E-state index in [-0.39, 0.29) is 0 Å². The van der Waals surface area contributed by atoms with Crippen LogP contribution in [0.3, 0.4) is 0 Å². The van der Waals surface area contributed by atoms with Gasteiger partial charge in [0.2, 0.25) is 0 Å². The number of halogens is 1. The number of hydrogen-bond acceptors (Lipinski definition) is 4. The lowest BCUT2D eigenvalue weighted by atomic mass is 10.3. The van der Waals surface area contributed by atoms with E-state index in [0.29, 0.717) is 26.6 Å². The summed E-state index contributed by atoms with van der Waals surface area (Å²) in [6.07, 6.45) is 0. The molecule has 0 saturated carbocycles. The normalized spacial score (nSPS) is 11.5. The number of hydrogen-bond donors (Lipinski definition) is 1. The average Bonchev–Trinajstić information content (AvgIpc) is 2.77. The van der Waals surface area contributed by atoms with E-state index in [1.807, 2.05) is 0 Å². The van der Waals surface area contributed by atoms with Crippen LogP contribution in [-0.4, -0.2) is 15.0 Å². The highest BCUT2D eigenvalue weighted by Crippen LogP contribution is 2.33. The van der Waals surface area contributed by atoms with Crippen molar-refractivity contribution >= 4 is 48.7 Å². The molecule has 2 rings (SSSR count). The van der Waals surface area contributed by atoms with E-state index in [1.165, 1.54) is 15.6 Å². The molecular formula is C12H13BrN2O2S2. The summed E-state index contributed by atoms with van der Waals surface area (Å²) in [5.41, 5.74) is 6.83. The van der Waals surface area contributed by atoms with E-state index in [4.69, 9.17) is 5.73 Å². The molecule has 0 bridgehead atoms. The minimum atomic E-state index is -3.56. The van der Waals surface area contributed by atoms with Gasteiger partial charge in [0.15, 0.2) is 4.21 Å². The number of thiophene rings is 1. The first-order valence-electron chi connectivity index (χ1n) is 5.58. The van der Waals surface area contributed by atoms with Crippen molar-refractivity contribution in [1.82, 2.24) is 0 Å². The minimum Gasteiger partial charge on any atom is -0.399 e. The van der Waals surface area contributed by atoms with E-state index in [0.717, 1.165) is 0 Å². The Hall–Kier alpha value is -1.05. The summed E-state index contributed by atoms with van der Waals surface area (Å²) >= 11 is 4.46. The Morgan fingerprint density at radius 1 is 1.37 bits per heavy atom. The zero-order chi connectivity index (χ0) is 14.0. The predicted molar refractivity (Wildman–Crippen MR) is 83.1 cm³/mol. The highest BCUT2D eigenvalue weighted by molar-refractivity contribution is 9.10. The third-order valence-corrected chi connectivity index (χ3v) is 7.10. The molecule has 1 aromatic heterocycles. The van der Waals surface area contributed by atoms with Crippen LogP contribution in [0.15, 0.2) is 44.4 Å². The summed E-state index contributed by atoms with van der Waals surface area (Å²) in [6, 6.07) is 8.59. The Kier molecular flexibility index (Phi) is 4.17. The Morgan fingerprint density at radius 3 is 2.63 bits per heavy atom. The van der Waals surface area contributed by atoms with E-state index in [2.05, 4.69) is 15.9 Å². The van der Waals surface area contributed by atoms with Crippen molar-refractivity contribution < 1.29 is 8.42 Å². The summed E-state index contributed by atoms with van der Waals surface area (Å²) in [5, 5.41) is 1.74. The number of sulfonamides is 1. The molecule has 4 nitrogen and oxygen atoms in total. The van der Waals surface area contributed by atoms with Crippen LogP contribution < -0.4 is 10.0 Å². The van der Waals surface area contributed by atoms with E-state index >= 15 is 0 Å². The molecule has 0 saturated heterocycles. The molecule has 2 aromatic rings. The van der Waals surface area contributed by atoms with Crippen molar-refractivity contribution in [2.45, 2.75) is 11.1 Å². The highest BCUT2D eigenvalue weighted by Gasteiger charge is 2.27. The number of benzene rings is 1. The maximum absolute atomic E-state index is 12.6. The van der Waals surface area contributed by atoms with Gasteiger partial charge in [-0.1, -0.05) is 6.07 Å². The average molecular weight is 361 g/mol. The molecule has 0 unspecified atom stereocenters. The summed E-state index contributed by atoms with van der Waals surface area (Å²) < 4.78 is 27.5. The van der Waals surface area contributed by atoms with E-state index in [9.17, 15) is 8.42 Å². The Balaban J connectivity index is 2.51. The molecule has 19 heavy (non-hydrogen) atoms. The molecule has 0 aliphatic rings. The van der Waals surface area contributed by atoms with Crippen LogP contribution in [-0.2, 0) is 10.0 Å². The Bertz CT molecular complexity index is 683. The van der Waals surface area contributed by atoms with Gasteiger partial charge in [0.05, 0.1) is 5.69 Å². The van der Waals surface area contributed by atoms with Crippen LogP contribution in [0.25, 0.3) is 0 Å². The fraction of sp³-hybridized carbons (Fsp3) is 0.167. The second-order valence-corrected chi connectivity index (χ2v) is 7.65. The zero-order valence-corrected chi connectivity index (χ0v) is 13.4. The molecule has 1 aromatic carbocycles. The Morgan fingerprint density at radius 2 is 2.11 bits per heavy atom. The molecule has 0 radical (unpaired) electrons. The monoisotopic (exact) mass is 360 g/mol. The first-order chi connectivity index (χ1) is 8.96. The standard InChI is InChI=1S/C12H13BrN2O2S2/c1-2-15(10-5-3-4-9(14)8-10)19(16,17)12-11(13)6-7-18-12/h3-8H,2,14H2,1H3. The number of anilines is 2. The SMILES string of the molecule is CCN(c1cccc(N)c1)S(=O)(=O)c1sccc1Br. The van der Waals surface area contributed by atoms with Crippen LogP contribution in [0.2, 0.25) is 0 Å². The number of rotatable bonds is 4. The Labute approximate surface area is 125 Å². The van der Waals surface area contributed by atoms with Gasteiger partial charge < -0.3 is 5.73 Å². The minimum absolute atomic E-state index is 0.303. The molecule has 2 N–H and O–H groups in total. The number of nitrogen functional groups attached to an aromatic ring is 1. The van der Waals surface area contributed by atoms with Gasteiger partial charge in [0.25, 0.3) is 10.0 Å².